The number of carbonyl (C=O) groups excluding carboxylic acids is 1. The first-order valence-electron chi connectivity index (χ1n) is 4.73. The predicted octanol–water partition coefficient (Wildman–Crippen LogP) is 3.38. The Labute approximate surface area is 97.2 Å². The second-order valence-electron chi connectivity index (χ2n) is 3.75. The lowest BCUT2D eigenvalue weighted by Gasteiger charge is -2.10. The Morgan fingerprint density at radius 1 is 1.44 bits per heavy atom. The van der Waals surface area contributed by atoms with Gasteiger partial charge in [0.05, 0.1) is 6.61 Å². The SMILES string of the molecule is CC(C)COc1cc(C(=O)Cl)cc(F)c1F. The van der Waals surface area contributed by atoms with E-state index in [-0.39, 0.29) is 23.8 Å². The Kier molecular flexibility index (Phi) is 4.24. The fraction of sp³-hybridized carbons (Fsp3) is 0.364. The summed E-state index contributed by atoms with van der Waals surface area (Å²) in [6, 6.07) is 1.84. The molecule has 0 aliphatic rings. The van der Waals surface area contributed by atoms with Crippen LogP contribution >= 0.6 is 11.6 Å². The average molecular weight is 249 g/mol. The van der Waals surface area contributed by atoms with E-state index in [0.29, 0.717) is 0 Å². The average Bonchev–Trinajstić information content (AvgIpc) is 2.19. The van der Waals surface area contributed by atoms with Crippen molar-refractivity contribution in [2.45, 2.75) is 13.8 Å². The fourth-order valence-electron chi connectivity index (χ4n) is 1.04. The highest BCUT2D eigenvalue weighted by molar-refractivity contribution is 6.67. The molecule has 1 rings (SSSR count). The predicted molar refractivity (Wildman–Crippen MR) is 56.9 cm³/mol. The third-order valence-corrected chi connectivity index (χ3v) is 2.01. The van der Waals surface area contributed by atoms with Crippen LogP contribution in [-0.4, -0.2) is 11.8 Å². The van der Waals surface area contributed by atoms with Gasteiger partial charge in [-0.2, -0.15) is 4.39 Å². The summed E-state index contributed by atoms with van der Waals surface area (Å²) in [5.74, 6) is -2.39. The molecular formula is C11H11ClF2O2. The summed E-state index contributed by atoms with van der Waals surface area (Å²) in [5.41, 5.74) is -0.126. The van der Waals surface area contributed by atoms with Crippen LogP contribution < -0.4 is 4.74 Å². The van der Waals surface area contributed by atoms with Gasteiger partial charge >= 0.3 is 0 Å². The van der Waals surface area contributed by atoms with Crippen LogP contribution in [0, 0.1) is 17.6 Å². The highest BCUT2D eigenvalue weighted by Crippen LogP contribution is 2.23. The number of halogens is 3. The molecule has 0 spiro atoms. The number of rotatable bonds is 4. The lowest BCUT2D eigenvalue weighted by molar-refractivity contribution is 0.108. The minimum absolute atomic E-state index is 0.126. The first-order valence-corrected chi connectivity index (χ1v) is 5.11. The molecule has 88 valence electrons. The van der Waals surface area contributed by atoms with E-state index in [0.717, 1.165) is 12.1 Å². The van der Waals surface area contributed by atoms with Crippen molar-refractivity contribution < 1.29 is 18.3 Å². The summed E-state index contributed by atoms with van der Waals surface area (Å²) >= 11 is 5.18. The summed E-state index contributed by atoms with van der Waals surface area (Å²) in [4.78, 5) is 10.8. The number of carbonyl (C=O) groups is 1. The molecule has 16 heavy (non-hydrogen) atoms. The van der Waals surface area contributed by atoms with Gasteiger partial charge in [0.1, 0.15) is 0 Å². The van der Waals surface area contributed by atoms with Gasteiger partial charge in [0.2, 0.25) is 5.82 Å². The van der Waals surface area contributed by atoms with Gasteiger partial charge in [0.15, 0.2) is 11.6 Å². The maximum Gasteiger partial charge on any atom is 0.252 e. The highest BCUT2D eigenvalue weighted by atomic mass is 35.5. The fourth-order valence-corrected chi connectivity index (χ4v) is 1.15. The first kappa shape index (κ1) is 12.9. The second kappa shape index (κ2) is 5.25. The molecule has 0 aromatic heterocycles. The van der Waals surface area contributed by atoms with Crippen LogP contribution in [0.1, 0.15) is 24.2 Å². The van der Waals surface area contributed by atoms with E-state index in [1.54, 1.807) is 0 Å². The summed E-state index contributed by atoms with van der Waals surface area (Å²) < 4.78 is 31.3. The van der Waals surface area contributed by atoms with Gasteiger partial charge in [-0.1, -0.05) is 13.8 Å². The molecule has 0 aliphatic heterocycles. The third-order valence-electron chi connectivity index (χ3n) is 1.79. The normalized spacial score (nSPS) is 10.6. The molecule has 0 fully saturated rings. The molecule has 0 saturated heterocycles. The van der Waals surface area contributed by atoms with Crippen molar-refractivity contribution in [3.05, 3.63) is 29.3 Å². The van der Waals surface area contributed by atoms with E-state index in [2.05, 4.69) is 0 Å². The lowest BCUT2D eigenvalue weighted by atomic mass is 10.2. The summed E-state index contributed by atoms with van der Waals surface area (Å²) in [7, 11) is 0. The Morgan fingerprint density at radius 3 is 2.56 bits per heavy atom. The van der Waals surface area contributed by atoms with Gasteiger partial charge in [-0.25, -0.2) is 4.39 Å². The van der Waals surface area contributed by atoms with Crippen LogP contribution in [0.5, 0.6) is 5.75 Å². The van der Waals surface area contributed by atoms with E-state index < -0.39 is 16.9 Å². The van der Waals surface area contributed by atoms with E-state index in [9.17, 15) is 13.6 Å². The molecule has 1 aromatic carbocycles. The maximum absolute atomic E-state index is 13.2. The standard InChI is InChI=1S/C11H11ClF2O2/c1-6(2)5-16-9-4-7(11(12)15)3-8(13)10(9)14/h3-4,6H,5H2,1-2H3. The van der Waals surface area contributed by atoms with E-state index in [4.69, 9.17) is 16.3 Å². The number of ether oxygens (including phenoxy) is 1. The quantitative estimate of drug-likeness (QED) is 0.764. The molecule has 2 nitrogen and oxygen atoms in total. The molecule has 1 aromatic rings. The topological polar surface area (TPSA) is 26.3 Å². The van der Waals surface area contributed by atoms with Crippen molar-refractivity contribution in [1.29, 1.82) is 0 Å². The van der Waals surface area contributed by atoms with Gasteiger partial charge < -0.3 is 4.74 Å². The molecule has 0 saturated carbocycles. The summed E-state index contributed by atoms with van der Waals surface area (Å²) in [6.45, 7) is 3.96. The van der Waals surface area contributed by atoms with Crippen LogP contribution in [0.3, 0.4) is 0 Å². The molecular weight excluding hydrogens is 238 g/mol. The molecule has 0 aliphatic carbocycles. The van der Waals surface area contributed by atoms with Gasteiger partial charge in [-0.05, 0) is 29.7 Å². The van der Waals surface area contributed by atoms with Crippen LogP contribution in [0.15, 0.2) is 12.1 Å². The zero-order valence-electron chi connectivity index (χ0n) is 8.89. The summed E-state index contributed by atoms with van der Waals surface area (Å²) in [5, 5.41) is -0.853. The van der Waals surface area contributed by atoms with E-state index in [1.807, 2.05) is 13.8 Å². The zero-order valence-corrected chi connectivity index (χ0v) is 9.65. The highest BCUT2D eigenvalue weighted by Gasteiger charge is 2.15. The number of benzene rings is 1. The van der Waals surface area contributed by atoms with Crippen molar-refractivity contribution in [1.82, 2.24) is 0 Å². The Balaban J connectivity index is 3.02. The molecule has 0 radical (unpaired) electrons. The van der Waals surface area contributed by atoms with Gasteiger partial charge in [0.25, 0.3) is 5.24 Å². The Bertz CT molecular complexity index is 405. The molecule has 5 heteroatoms. The van der Waals surface area contributed by atoms with Crippen LogP contribution in [0.25, 0.3) is 0 Å². The van der Waals surface area contributed by atoms with Crippen molar-refractivity contribution in [2.24, 2.45) is 5.92 Å². The lowest BCUT2D eigenvalue weighted by Crippen LogP contribution is -2.07. The van der Waals surface area contributed by atoms with Crippen LogP contribution in [0.4, 0.5) is 8.78 Å². The summed E-state index contributed by atoms with van der Waals surface area (Å²) in [6.07, 6.45) is 0. The Hall–Kier alpha value is -1.16. The first-order chi connectivity index (χ1) is 7.41. The molecule has 0 atom stereocenters. The van der Waals surface area contributed by atoms with Gasteiger partial charge in [-0.15, -0.1) is 0 Å². The van der Waals surface area contributed by atoms with Gasteiger partial charge in [-0.3, -0.25) is 4.79 Å². The number of hydrogen-bond donors (Lipinski definition) is 0. The van der Waals surface area contributed by atoms with Crippen molar-refractivity contribution in [3.8, 4) is 5.75 Å². The molecule has 0 amide bonds. The minimum atomic E-state index is -1.15. The van der Waals surface area contributed by atoms with Crippen LogP contribution in [-0.2, 0) is 0 Å². The van der Waals surface area contributed by atoms with E-state index in [1.165, 1.54) is 0 Å². The molecule has 0 N–H and O–H groups in total. The zero-order chi connectivity index (χ0) is 12.3. The van der Waals surface area contributed by atoms with Crippen molar-refractivity contribution in [3.63, 3.8) is 0 Å². The molecule has 0 heterocycles. The number of hydrogen-bond acceptors (Lipinski definition) is 2. The third kappa shape index (κ3) is 3.17. The molecule has 0 unspecified atom stereocenters. The molecule has 0 bridgehead atoms. The Morgan fingerprint density at radius 2 is 2.06 bits per heavy atom. The minimum Gasteiger partial charge on any atom is -0.490 e. The van der Waals surface area contributed by atoms with Crippen molar-refractivity contribution >= 4 is 16.8 Å². The van der Waals surface area contributed by atoms with Crippen molar-refractivity contribution in [2.75, 3.05) is 6.61 Å². The van der Waals surface area contributed by atoms with Crippen LogP contribution in [0.2, 0.25) is 0 Å². The smallest absolute Gasteiger partial charge is 0.252 e. The van der Waals surface area contributed by atoms with E-state index >= 15 is 0 Å². The largest absolute Gasteiger partial charge is 0.490 e. The maximum atomic E-state index is 13.2. The second-order valence-corrected chi connectivity index (χ2v) is 4.09. The van der Waals surface area contributed by atoms with Gasteiger partial charge in [0, 0.05) is 5.56 Å². The monoisotopic (exact) mass is 248 g/mol.